The van der Waals surface area contributed by atoms with Gasteiger partial charge < -0.3 is 9.88 Å². The number of aryl methyl sites for hydroxylation is 1. The highest BCUT2D eigenvalue weighted by atomic mass is 32.2. The Hall–Kier alpha value is -2.90. The number of piperidine rings is 1. The minimum absolute atomic E-state index is 0.0601. The van der Waals surface area contributed by atoms with Gasteiger partial charge in [0, 0.05) is 49.7 Å². The number of aromatic nitrogens is 1. The second-order valence-corrected chi connectivity index (χ2v) is 9.53. The average molecular weight is 424 g/mol. The van der Waals surface area contributed by atoms with Crippen LogP contribution in [0.5, 0.6) is 0 Å². The molecule has 2 heterocycles. The lowest BCUT2D eigenvalue weighted by Gasteiger charge is -2.30. The summed E-state index contributed by atoms with van der Waals surface area (Å²) in [6.45, 7) is 0.686. The third-order valence-electron chi connectivity index (χ3n) is 5.54. The van der Waals surface area contributed by atoms with Crippen molar-refractivity contribution in [1.29, 1.82) is 0 Å². The summed E-state index contributed by atoms with van der Waals surface area (Å²) in [6.07, 6.45) is 4.34. The second kappa shape index (κ2) is 8.45. The number of hydrogen-bond donors (Lipinski definition) is 1. The molecule has 1 saturated heterocycles. The highest BCUT2D eigenvalue weighted by molar-refractivity contribution is 7.89. The Morgan fingerprint density at radius 3 is 2.30 bits per heavy atom. The first kappa shape index (κ1) is 20.4. The number of benzene rings is 2. The molecule has 0 saturated carbocycles. The molecule has 3 aromatic rings. The molecule has 1 aromatic heterocycles. The van der Waals surface area contributed by atoms with E-state index < -0.39 is 10.0 Å². The first-order chi connectivity index (χ1) is 14.4. The van der Waals surface area contributed by atoms with E-state index in [0.29, 0.717) is 30.8 Å². The number of hydrogen-bond acceptors (Lipinski definition) is 3. The van der Waals surface area contributed by atoms with Crippen LogP contribution < -0.4 is 5.32 Å². The third-order valence-corrected chi connectivity index (χ3v) is 7.42. The van der Waals surface area contributed by atoms with E-state index in [0.717, 1.165) is 16.8 Å². The zero-order valence-electron chi connectivity index (χ0n) is 16.9. The summed E-state index contributed by atoms with van der Waals surface area (Å²) in [5.74, 6) is -0.272. The molecule has 4 rings (SSSR count). The highest BCUT2D eigenvalue weighted by Crippen LogP contribution is 2.29. The Balaban J connectivity index is 1.42. The van der Waals surface area contributed by atoms with Crippen molar-refractivity contribution in [3.63, 3.8) is 0 Å². The monoisotopic (exact) mass is 423 g/mol. The van der Waals surface area contributed by atoms with Gasteiger partial charge in [-0.05, 0) is 30.5 Å². The lowest BCUT2D eigenvalue weighted by molar-refractivity contribution is -0.120. The lowest BCUT2D eigenvalue weighted by Crippen LogP contribution is -2.41. The normalized spacial score (nSPS) is 15.8. The van der Waals surface area contributed by atoms with Gasteiger partial charge >= 0.3 is 0 Å². The fraction of sp³-hybridized carbons (Fsp3) is 0.261. The van der Waals surface area contributed by atoms with Crippen LogP contribution in [0.4, 0.5) is 5.69 Å². The molecule has 30 heavy (non-hydrogen) atoms. The molecule has 2 aromatic carbocycles. The standard InChI is InChI=1S/C23H25N3O3S/c1-25-14-13-20(17-25)30(28,29)26-15-11-19(12-16-26)23(27)24-22-10-6-5-9-21(22)18-7-3-2-4-8-18/h2-10,13-14,17,19H,11-12,15-16H2,1H3,(H,24,27). The quantitative estimate of drug-likeness (QED) is 0.680. The third kappa shape index (κ3) is 4.17. The van der Waals surface area contributed by atoms with Gasteiger partial charge in [-0.1, -0.05) is 48.5 Å². The molecule has 156 valence electrons. The Morgan fingerprint density at radius 2 is 1.63 bits per heavy atom. The van der Waals surface area contributed by atoms with E-state index in [2.05, 4.69) is 5.32 Å². The maximum atomic E-state index is 12.9. The summed E-state index contributed by atoms with van der Waals surface area (Å²) in [7, 11) is -1.72. The van der Waals surface area contributed by atoms with Crippen molar-refractivity contribution < 1.29 is 13.2 Å². The largest absolute Gasteiger partial charge is 0.356 e. The molecule has 0 radical (unpaired) electrons. The van der Waals surface area contributed by atoms with Crippen molar-refractivity contribution in [1.82, 2.24) is 8.87 Å². The number of nitrogens with one attached hydrogen (secondary N) is 1. The first-order valence-electron chi connectivity index (χ1n) is 10.0. The molecule has 1 N–H and O–H groups in total. The van der Waals surface area contributed by atoms with Crippen molar-refractivity contribution in [3.8, 4) is 11.1 Å². The van der Waals surface area contributed by atoms with E-state index in [1.165, 1.54) is 4.31 Å². The summed E-state index contributed by atoms with van der Waals surface area (Å²) in [6, 6.07) is 19.3. The minimum atomic E-state index is -3.51. The van der Waals surface area contributed by atoms with Gasteiger partial charge in [-0.15, -0.1) is 0 Å². The van der Waals surface area contributed by atoms with Gasteiger partial charge in [0.05, 0.1) is 4.90 Å². The topological polar surface area (TPSA) is 71.4 Å². The number of nitrogens with zero attached hydrogens (tertiary/aromatic N) is 2. The molecule has 0 bridgehead atoms. The zero-order chi connectivity index (χ0) is 21.1. The van der Waals surface area contributed by atoms with E-state index in [-0.39, 0.29) is 11.8 Å². The van der Waals surface area contributed by atoms with Gasteiger partial charge in [-0.2, -0.15) is 4.31 Å². The molecule has 7 heteroatoms. The van der Waals surface area contributed by atoms with Crippen molar-refractivity contribution in [2.75, 3.05) is 18.4 Å². The summed E-state index contributed by atoms with van der Waals surface area (Å²) in [5, 5.41) is 3.06. The van der Waals surface area contributed by atoms with E-state index in [1.54, 1.807) is 30.1 Å². The smallest absolute Gasteiger partial charge is 0.244 e. The predicted molar refractivity (Wildman–Crippen MR) is 117 cm³/mol. The molecule has 1 amide bonds. The molecule has 1 fully saturated rings. The Morgan fingerprint density at radius 1 is 0.967 bits per heavy atom. The van der Waals surface area contributed by atoms with Crippen LogP contribution in [0, 0.1) is 5.92 Å². The fourth-order valence-electron chi connectivity index (χ4n) is 3.83. The SMILES string of the molecule is Cn1ccc(S(=O)(=O)N2CCC(C(=O)Nc3ccccc3-c3ccccc3)CC2)c1. The van der Waals surface area contributed by atoms with Crippen LogP contribution in [0.25, 0.3) is 11.1 Å². The summed E-state index contributed by atoms with van der Waals surface area (Å²) < 4.78 is 28.8. The molecule has 0 atom stereocenters. The van der Waals surface area contributed by atoms with Crippen LogP contribution in [0.3, 0.4) is 0 Å². The number of anilines is 1. The van der Waals surface area contributed by atoms with Gasteiger partial charge in [0.1, 0.15) is 0 Å². The number of sulfonamides is 1. The van der Waals surface area contributed by atoms with Gasteiger partial charge in [0.25, 0.3) is 0 Å². The van der Waals surface area contributed by atoms with Gasteiger partial charge in [0.2, 0.25) is 15.9 Å². The maximum absolute atomic E-state index is 12.9. The predicted octanol–water partition coefficient (Wildman–Crippen LogP) is 3.73. The summed E-state index contributed by atoms with van der Waals surface area (Å²) in [5.41, 5.74) is 2.78. The molecular weight excluding hydrogens is 398 g/mol. The highest BCUT2D eigenvalue weighted by Gasteiger charge is 2.32. The molecular formula is C23H25N3O3S. The van der Waals surface area contributed by atoms with Crippen LogP contribution >= 0.6 is 0 Å². The molecule has 1 aliphatic rings. The van der Waals surface area contributed by atoms with Crippen molar-refractivity contribution in [2.45, 2.75) is 17.7 Å². The Labute approximate surface area is 177 Å². The van der Waals surface area contributed by atoms with Crippen LogP contribution in [-0.4, -0.2) is 36.3 Å². The number of carbonyl (C=O) groups is 1. The van der Waals surface area contributed by atoms with E-state index >= 15 is 0 Å². The van der Waals surface area contributed by atoms with Gasteiger partial charge in [0.15, 0.2) is 0 Å². The maximum Gasteiger partial charge on any atom is 0.244 e. The number of carbonyl (C=O) groups excluding carboxylic acids is 1. The van der Waals surface area contributed by atoms with Crippen molar-refractivity contribution >= 4 is 21.6 Å². The number of para-hydroxylation sites is 1. The Kier molecular flexibility index (Phi) is 5.74. The fourth-order valence-corrected chi connectivity index (χ4v) is 5.36. The molecule has 0 aliphatic carbocycles. The molecule has 1 aliphatic heterocycles. The van der Waals surface area contributed by atoms with Crippen molar-refractivity contribution in [2.24, 2.45) is 13.0 Å². The van der Waals surface area contributed by atoms with Crippen LogP contribution in [0.1, 0.15) is 12.8 Å². The van der Waals surface area contributed by atoms with Crippen LogP contribution in [-0.2, 0) is 21.9 Å². The van der Waals surface area contributed by atoms with E-state index in [9.17, 15) is 13.2 Å². The molecule has 0 unspecified atom stereocenters. The van der Waals surface area contributed by atoms with Crippen LogP contribution in [0.15, 0.2) is 78.0 Å². The molecule has 0 spiro atoms. The summed E-state index contributed by atoms with van der Waals surface area (Å²) in [4.78, 5) is 13.2. The lowest BCUT2D eigenvalue weighted by atomic mass is 9.96. The first-order valence-corrected chi connectivity index (χ1v) is 11.5. The Bertz CT molecular complexity index is 1130. The van der Waals surface area contributed by atoms with E-state index in [4.69, 9.17) is 0 Å². The summed E-state index contributed by atoms with van der Waals surface area (Å²) >= 11 is 0. The minimum Gasteiger partial charge on any atom is -0.356 e. The zero-order valence-corrected chi connectivity index (χ0v) is 17.7. The number of amides is 1. The van der Waals surface area contributed by atoms with Gasteiger partial charge in [-0.3, -0.25) is 4.79 Å². The van der Waals surface area contributed by atoms with E-state index in [1.807, 2.05) is 54.6 Å². The van der Waals surface area contributed by atoms with Gasteiger partial charge in [-0.25, -0.2) is 8.42 Å². The molecule has 6 nitrogen and oxygen atoms in total. The van der Waals surface area contributed by atoms with Crippen LogP contribution in [0.2, 0.25) is 0 Å². The number of rotatable bonds is 5. The average Bonchev–Trinajstić information content (AvgIpc) is 3.22. The van der Waals surface area contributed by atoms with Crippen molar-refractivity contribution in [3.05, 3.63) is 73.1 Å². The second-order valence-electron chi connectivity index (χ2n) is 7.59.